The van der Waals surface area contributed by atoms with Crippen LogP contribution < -0.4 is 5.32 Å². The molecule has 3 aliphatic rings. The Morgan fingerprint density at radius 1 is 1.15 bits per heavy atom. The van der Waals surface area contributed by atoms with Gasteiger partial charge in [-0.1, -0.05) is 19.8 Å². The molecule has 0 radical (unpaired) electrons. The maximum Gasteiger partial charge on any atom is 0.326 e. The van der Waals surface area contributed by atoms with Crippen LogP contribution in [0.25, 0.3) is 0 Å². The van der Waals surface area contributed by atoms with Crippen LogP contribution in [0.3, 0.4) is 0 Å². The zero-order valence-electron chi connectivity index (χ0n) is 15.3. The minimum atomic E-state index is -0.890. The molecule has 1 spiro atoms. The zero-order chi connectivity index (χ0) is 18.7. The summed E-state index contributed by atoms with van der Waals surface area (Å²) in [6.07, 6.45) is 6.40. The van der Waals surface area contributed by atoms with Crippen molar-refractivity contribution in [2.45, 2.75) is 57.4 Å². The molecule has 1 saturated carbocycles. The number of esters is 1. The lowest BCUT2D eigenvalue weighted by Gasteiger charge is -2.36. The van der Waals surface area contributed by atoms with E-state index in [1.54, 1.807) is 4.90 Å². The third-order valence-corrected chi connectivity index (χ3v) is 5.85. The first-order valence-corrected chi connectivity index (χ1v) is 9.51. The van der Waals surface area contributed by atoms with Gasteiger partial charge in [0.05, 0.1) is 0 Å². The lowest BCUT2D eigenvalue weighted by molar-refractivity contribution is -0.154. The first-order valence-electron chi connectivity index (χ1n) is 9.51. The predicted octanol–water partition coefficient (Wildman–Crippen LogP) is 1.04. The SMILES string of the molecule is C[C@H]1CCCC[C@]12NC(=O)N(CC(=O)OCC(=O)N1CCCCC1)C2=O. The van der Waals surface area contributed by atoms with Gasteiger partial charge in [0.1, 0.15) is 12.1 Å². The molecule has 2 saturated heterocycles. The molecule has 0 aromatic carbocycles. The number of carbonyl (C=O) groups is 4. The second-order valence-corrected chi connectivity index (χ2v) is 7.54. The molecule has 8 nitrogen and oxygen atoms in total. The number of carbonyl (C=O) groups excluding carboxylic acids is 4. The molecule has 3 rings (SSSR count). The summed E-state index contributed by atoms with van der Waals surface area (Å²) < 4.78 is 5.01. The summed E-state index contributed by atoms with van der Waals surface area (Å²) in [6, 6.07) is -0.553. The molecule has 4 amide bonds. The van der Waals surface area contributed by atoms with Gasteiger partial charge in [-0.25, -0.2) is 4.79 Å². The molecule has 144 valence electrons. The second-order valence-electron chi connectivity index (χ2n) is 7.54. The number of nitrogens with zero attached hydrogens (tertiary/aromatic N) is 2. The van der Waals surface area contributed by atoms with E-state index in [1.165, 1.54) is 0 Å². The fourth-order valence-corrected chi connectivity index (χ4v) is 4.19. The highest BCUT2D eigenvalue weighted by atomic mass is 16.5. The minimum absolute atomic E-state index is 0.0365. The van der Waals surface area contributed by atoms with Crippen molar-refractivity contribution >= 4 is 23.8 Å². The van der Waals surface area contributed by atoms with Gasteiger partial charge in [-0.2, -0.15) is 0 Å². The van der Waals surface area contributed by atoms with E-state index < -0.39 is 24.1 Å². The minimum Gasteiger partial charge on any atom is -0.454 e. The molecule has 2 aliphatic heterocycles. The van der Waals surface area contributed by atoms with Crippen molar-refractivity contribution in [1.29, 1.82) is 0 Å². The molecule has 3 fully saturated rings. The first kappa shape index (κ1) is 18.7. The van der Waals surface area contributed by atoms with Gasteiger partial charge < -0.3 is 15.0 Å². The van der Waals surface area contributed by atoms with Gasteiger partial charge >= 0.3 is 12.0 Å². The number of piperidine rings is 1. The molecular formula is C18H27N3O5. The fourth-order valence-electron chi connectivity index (χ4n) is 4.19. The molecule has 0 bridgehead atoms. The van der Waals surface area contributed by atoms with Crippen molar-refractivity contribution in [2.24, 2.45) is 5.92 Å². The average molecular weight is 365 g/mol. The summed E-state index contributed by atoms with van der Waals surface area (Å²) in [4.78, 5) is 51.7. The van der Waals surface area contributed by atoms with Crippen molar-refractivity contribution in [3.8, 4) is 0 Å². The van der Waals surface area contributed by atoms with Crippen LogP contribution in [0.4, 0.5) is 4.79 Å². The van der Waals surface area contributed by atoms with E-state index in [0.29, 0.717) is 19.5 Å². The largest absolute Gasteiger partial charge is 0.454 e. The lowest BCUT2D eigenvalue weighted by atomic mass is 9.73. The Balaban J connectivity index is 1.53. The summed E-state index contributed by atoms with van der Waals surface area (Å²) in [5.41, 5.74) is -0.890. The Bertz CT molecular complexity index is 602. The number of ether oxygens (including phenoxy) is 1. The molecule has 1 aliphatic carbocycles. The molecular weight excluding hydrogens is 338 g/mol. The number of urea groups is 1. The van der Waals surface area contributed by atoms with Crippen LogP contribution in [0.5, 0.6) is 0 Å². The summed E-state index contributed by atoms with van der Waals surface area (Å²) >= 11 is 0. The van der Waals surface area contributed by atoms with E-state index in [1.807, 2.05) is 6.92 Å². The van der Waals surface area contributed by atoms with E-state index in [9.17, 15) is 19.2 Å². The quantitative estimate of drug-likeness (QED) is 0.593. The van der Waals surface area contributed by atoms with Gasteiger partial charge in [-0.05, 0) is 38.0 Å². The van der Waals surface area contributed by atoms with Crippen molar-refractivity contribution in [1.82, 2.24) is 15.1 Å². The second kappa shape index (κ2) is 7.63. The molecule has 2 atom stereocenters. The van der Waals surface area contributed by atoms with Crippen LogP contribution in [0.1, 0.15) is 51.9 Å². The van der Waals surface area contributed by atoms with Gasteiger partial charge in [-0.15, -0.1) is 0 Å². The van der Waals surface area contributed by atoms with E-state index in [0.717, 1.165) is 43.4 Å². The first-order chi connectivity index (χ1) is 12.4. The molecule has 8 heteroatoms. The van der Waals surface area contributed by atoms with E-state index in [4.69, 9.17) is 4.74 Å². The third kappa shape index (κ3) is 3.54. The zero-order valence-corrected chi connectivity index (χ0v) is 15.3. The molecule has 0 unspecified atom stereocenters. The summed E-state index contributed by atoms with van der Waals surface area (Å²) in [5, 5.41) is 2.80. The highest BCUT2D eigenvalue weighted by molar-refractivity contribution is 6.09. The number of hydrogen-bond acceptors (Lipinski definition) is 5. The van der Waals surface area contributed by atoms with Crippen LogP contribution in [0.2, 0.25) is 0 Å². The van der Waals surface area contributed by atoms with E-state index >= 15 is 0 Å². The van der Waals surface area contributed by atoms with Crippen molar-refractivity contribution in [2.75, 3.05) is 26.2 Å². The van der Waals surface area contributed by atoms with Gasteiger partial charge in [0.25, 0.3) is 11.8 Å². The van der Waals surface area contributed by atoms with Crippen molar-refractivity contribution < 1.29 is 23.9 Å². The number of hydrogen-bond donors (Lipinski definition) is 1. The third-order valence-electron chi connectivity index (χ3n) is 5.85. The number of amides is 4. The van der Waals surface area contributed by atoms with Gasteiger partial charge in [0.15, 0.2) is 6.61 Å². The lowest BCUT2D eigenvalue weighted by Crippen LogP contribution is -2.54. The monoisotopic (exact) mass is 365 g/mol. The Morgan fingerprint density at radius 3 is 2.58 bits per heavy atom. The van der Waals surface area contributed by atoms with Gasteiger partial charge in [0.2, 0.25) is 0 Å². The molecule has 0 aromatic heterocycles. The van der Waals surface area contributed by atoms with E-state index in [2.05, 4.69) is 5.32 Å². The smallest absolute Gasteiger partial charge is 0.326 e. The maximum absolute atomic E-state index is 12.8. The average Bonchev–Trinajstić information content (AvgIpc) is 2.88. The van der Waals surface area contributed by atoms with Gasteiger partial charge in [-0.3, -0.25) is 19.3 Å². The van der Waals surface area contributed by atoms with Crippen LogP contribution in [0.15, 0.2) is 0 Å². The van der Waals surface area contributed by atoms with Crippen molar-refractivity contribution in [3.05, 3.63) is 0 Å². The maximum atomic E-state index is 12.8. The highest BCUT2D eigenvalue weighted by Crippen LogP contribution is 2.38. The van der Waals surface area contributed by atoms with E-state index in [-0.39, 0.29) is 24.3 Å². The number of rotatable bonds is 4. The Labute approximate surface area is 153 Å². The number of likely N-dealkylation sites (tertiary alicyclic amines) is 1. The van der Waals surface area contributed by atoms with Crippen molar-refractivity contribution in [3.63, 3.8) is 0 Å². The van der Waals surface area contributed by atoms with Gasteiger partial charge in [0, 0.05) is 13.1 Å². The van der Waals surface area contributed by atoms with Crippen LogP contribution in [0, 0.1) is 5.92 Å². The fraction of sp³-hybridized carbons (Fsp3) is 0.778. The highest BCUT2D eigenvalue weighted by Gasteiger charge is 2.55. The molecule has 2 heterocycles. The number of nitrogens with one attached hydrogen (secondary N) is 1. The molecule has 26 heavy (non-hydrogen) atoms. The molecule has 1 N–H and O–H groups in total. The standard InChI is InChI=1S/C18H27N3O5/c1-13-7-3-4-8-18(13)16(24)21(17(25)19-18)11-15(23)26-12-14(22)20-9-5-2-6-10-20/h13H,2-12H2,1H3,(H,19,25)/t13-,18-/m0/s1. The Hall–Kier alpha value is -2.12. The Kier molecular flexibility index (Phi) is 5.48. The topological polar surface area (TPSA) is 96.0 Å². The Morgan fingerprint density at radius 2 is 1.88 bits per heavy atom. The van der Waals surface area contributed by atoms with Crippen LogP contribution in [-0.4, -0.2) is 65.4 Å². The summed E-state index contributed by atoms with van der Waals surface area (Å²) in [5.74, 6) is -1.28. The summed E-state index contributed by atoms with van der Waals surface area (Å²) in [7, 11) is 0. The summed E-state index contributed by atoms with van der Waals surface area (Å²) in [6.45, 7) is 2.53. The predicted molar refractivity (Wildman–Crippen MR) is 92.0 cm³/mol. The normalized spacial score (nSPS) is 29.0. The van der Waals surface area contributed by atoms with Crippen LogP contribution in [-0.2, 0) is 19.1 Å². The van der Waals surface area contributed by atoms with Crippen LogP contribution >= 0.6 is 0 Å². The molecule has 0 aromatic rings. The number of imide groups is 1.